The van der Waals surface area contributed by atoms with E-state index in [1.165, 1.54) is 30.3 Å². The second kappa shape index (κ2) is 5.39. The van der Waals surface area contributed by atoms with Crippen LogP contribution in [0.4, 0.5) is 8.78 Å². The van der Waals surface area contributed by atoms with Gasteiger partial charge in [-0.25, -0.2) is 8.78 Å². The molecule has 1 atom stereocenters. The molecule has 0 bridgehead atoms. The molecule has 4 heteroatoms. The van der Waals surface area contributed by atoms with Gasteiger partial charge in [-0.15, -0.1) is 0 Å². The van der Waals surface area contributed by atoms with Crippen LogP contribution in [0.5, 0.6) is 0 Å². The molecule has 2 aromatic carbocycles. The van der Waals surface area contributed by atoms with Gasteiger partial charge in [-0.3, -0.25) is 0 Å². The van der Waals surface area contributed by atoms with Crippen molar-refractivity contribution >= 4 is 15.9 Å². The Labute approximate surface area is 119 Å². The standard InChI is InChI=1S/C15H13BrF2O/c1-2-15(19,10-6-3-4-9-13(10)17)11-7-5-8-12(16)14(11)18/h3-9,19H,2H2,1H3. The van der Waals surface area contributed by atoms with Crippen LogP contribution in [-0.2, 0) is 5.60 Å². The van der Waals surface area contributed by atoms with Crippen LogP contribution >= 0.6 is 15.9 Å². The molecule has 0 saturated heterocycles. The number of aliphatic hydroxyl groups is 1. The lowest BCUT2D eigenvalue weighted by Gasteiger charge is -2.29. The molecule has 1 nitrogen and oxygen atoms in total. The lowest BCUT2D eigenvalue weighted by Crippen LogP contribution is -2.29. The normalized spacial score (nSPS) is 14.2. The molecule has 0 heterocycles. The van der Waals surface area contributed by atoms with Gasteiger partial charge in [-0.05, 0) is 34.5 Å². The first-order valence-corrected chi connectivity index (χ1v) is 6.72. The SMILES string of the molecule is CCC(O)(c1ccccc1F)c1cccc(Br)c1F. The first-order chi connectivity index (χ1) is 9.00. The van der Waals surface area contributed by atoms with E-state index in [9.17, 15) is 13.9 Å². The summed E-state index contributed by atoms with van der Waals surface area (Å²) in [5.41, 5.74) is -1.54. The quantitative estimate of drug-likeness (QED) is 0.887. The number of rotatable bonds is 3. The summed E-state index contributed by atoms with van der Waals surface area (Å²) in [6.07, 6.45) is 0.168. The molecule has 2 aromatic rings. The van der Waals surface area contributed by atoms with Crippen molar-refractivity contribution in [3.05, 3.63) is 69.7 Å². The fourth-order valence-corrected chi connectivity index (χ4v) is 2.51. The van der Waals surface area contributed by atoms with Crippen LogP contribution in [0.1, 0.15) is 24.5 Å². The molecule has 0 aliphatic heterocycles. The minimum Gasteiger partial charge on any atom is -0.380 e. The van der Waals surface area contributed by atoms with Gasteiger partial charge in [0.05, 0.1) is 4.47 Å². The van der Waals surface area contributed by atoms with E-state index in [0.29, 0.717) is 0 Å². The second-order valence-electron chi connectivity index (χ2n) is 4.30. The third kappa shape index (κ3) is 2.42. The molecule has 0 fully saturated rings. The predicted octanol–water partition coefficient (Wildman–Crippen LogP) is 4.37. The Morgan fingerprint density at radius 2 is 1.68 bits per heavy atom. The number of halogens is 3. The zero-order chi connectivity index (χ0) is 14.0. The van der Waals surface area contributed by atoms with Gasteiger partial charge in [-0.2, -0.15) is 0 Å². The summed E-state index contributed by atoms with van der Waals surface area (Å²) in [5, 5.41) is 10.7. The van der Waals surface area contributed by atoms with E-state index in [-0.39, 0.29) is 22.0 Å². The van der Waals surface area contributed by atoms with Crippen LogP contribution in [0, 0.1) is 11.6 Å². The zero-order valence-electron chi connectivity index (χ0n) is 10.3. The Kier molecular flexibility index (Phi) is 4.02. The first kappa shape index (κ1) is 14.2. The van der Waals surface area contributed by atoms with E-state index in [1.807, 2.05) is 0 Å². The van der Waals surface area contributed by atoms with Crippen LogP contribution in [0.3, 0.4) is 0 Å². The van der Waals surface area contributed by atoms with Gasteiger partial charge < -0.3 is 5.11 Å². The average molecular weight is 327 g/mol. The number of hydrogen-bond donors (Lipinski definition) is 1. The molecule has 19 heavy (non-hydrogen) atoms. The summed E-state index contributed by atoms with van der Waals surface area (Å²) < 4.78 is 28.3. The molecule has 0 aliphatic rings. The van der Waals surface area contributed by atoms with Gasteiger partial charge in [0.15, 0.2) is 0 Å². The maximum absolute atomic E-state index is 14.2. The van der Waals surface area contributed by atoms with Crippen LogP contribution in [0.15, 0.2) is 46.9 Å². The Hall–Kier alpha value is -1.26. The second-order valence-corrected chi connectivity index (χ2v) is 5.15. The van der Waals surface area contributed by atoms with Crippen molar-refractivity contribution in [2.24, 2.45) is 0 Å². The fourth-order valence-electron chi connectivity index (χ4n) is 2.15. The van der Waals surface area contributed by atoms with Gasteiger partial charge >= 0.3 is 0 Å². The Morgan fingerprint density at radius 3 is 2.32 bits per heavy atom. The monoisotopic (exact) mass is 326 g/mol. The third-order valence-corrected chi connectivity index (χ3v) is 3.84. The van der Waals surface area contributed by atoms with Crippen molar-refractivity contribution in [2.45, 2.75) is 18.9 Å². The van der Waals surface area contributed by atoms with Crippen molar-refractivity contribution in [1.82, 2.24) is 0 Å². The average Bonchev–Trinajstić information content (AvgIpc) is 2.41. The van der Waals surface area contributed by atoms with E-state index < -0.39 is 17.2 Å². The zero-order valence-corrected chi connectivity index (χ0v) is 11.9. The minimum absolute atomic E-state index is 0.0643. The van der Waals surface area contributed by atoms with Gasteiger partial charge in [0.25, 0.3) is 0 Å². The van der Waals surface area contributed by atoms with Crippen molar-refractivity contribution < 1.29 is 13.9 Å². The lowest BCUT2D eigenvalue weighted by molar-refractivity contribution is 0.0685. The van der Waals surface area contributed by atoms with Gasteiger partial charge in [0.1, 0.15) is 17.2 Å². The largest absolute Gasteiger partial charge is 0.380 e. The molecule has 0 amide bonds. The summed E-state index contributed by atoms with van der Waals surface area (Å²) >= 11 is 3.08. The van der Waals surface area contributed by atoms with Crippen molar-refractivity contribution in [3.8, 4) is 0 Å². The maximum Gasteiger partial charge on any atom is 0.143 e. The topological polar surface area (TPSA) is 20.2 Å². The van der Waals surface area contributed by atoms with Gasteiger partial charge in [0, 0.05) is 11.1 Å². The molecule has 1 N–H and O–H groups in total. The van der Waals surface area contributed by atoms with E-state index in [0.717, 1.165) is 0 Å². The van der Waals surface area contributed by atoms with Crippen molar-refractivity contribution in [2.75, 3.05) is 0 Å². The van der Waals surface area contributed by atoms with Crippen LogP contribution in [0.2, 0.25) is 0 Å². The maximum atomic E-state index is 14.2. The van der Waals surface area contributed by atoms with Crippen LogP contribution in [-0.4, -0.2) is 5.11 Å². The van der Waals surface area contributed by atoms with Crippen molar-refractivity contribution in [1.29, 1.82) is 0 Å². The molecular formula is C15H13BrF2O. The lowest BCUT2D eigenvalue weighted by atomic mass is 9.83. The molecule has 0 spiro atoms. The predicted molar refractivity (Wildman–Crippen MR) is 73.8 cm³/mol. The number of hydrogen-bond acceptors (Lipinski definition) is 1. The highest BCUT2D eigenvalue weighted by Crippen LogP contribution is 2.37. The summed E-state index contributed by atoms with van der Waals surface area (Å²) in [5.74, 6) is -1.12. The van der Waals surface area contributed by atoms with Gasteiger partial charge in [0.2, 0.25) is 0 Å². The third-order valence-electron chi connectivity index (χ3n) is 3.23. The molecule has 0 aliphatic carbocycles. The van der Waals surface area contributed by atoms with E-state index in [4.69, 9.17) is 0 Å². The smallest absolute Gasteiger partial charge is 0.143 e. The summed E-state index contributed by atoms with van der Waals surface area (Å²) in [6.45, 7) is 1.69. The van der Waals surface area contributed by atoms with Gasteiger partial charge in [-0.1, -0.05) is 37.3 Å². The van der Waals surface area contributed by atoms with E-state index >= 15 is 0 Å². The van der Waals surface area contributed by atoms with Crippen molar-refractivity contribution in [3.63, 3.8) is 0 Å². The van der Waals surface area contributed by atoms with Crippen LogP contribution in [0.25, 0.3) is 0 Å². The molecule has 0 saturated carbocycles. The highest BCUT2D eigenvalue weighted by molar-refractivity contribution is 9.10. The highest BCUT2D eigenvalue weighted by atomic mass is 79.9. The summed E-state index contributed by atoms with van der Waals surface area (Å²) in [6, 6.07) is 10.5. The Balaban J connectivity index is 2.67. The number of benzene rings is 2. The highest BCUT2D eigenvalue weighted by Gasteiger charge is 2.35. The molecule has 1 unspecified atom stereocenters. The minimum atomic E-state index is -1.68. The van der Waals surface area contributed by atoms with Crippen LogP contribution < -0.4 is 0 Å². The summed E-state index contributed by atoms with van der Waals surface area (Å²) in [4.78, 5) is 0. The Morgan fingerprint density at radius 1 is 1.05 bits per heavy atom. The Bertz CT molecular complexity index is 600. The molecule has 0 aromatic heterocycles. The molecule has 100 valence electrons. The fraction of sp³-hybridized carbons (Fsp3) is 0.200. The molecule has 2 rings (SSSR count). The summed E-state index contributed by atoms with van der Waals surface area (Å²) in [7, 11) is 0. The molecular weight excluding hydrogens is 314 g/mol. The first-order valence-electron chi connectivity index (χ1n) is 5.92. The van der Waals surface area contributed by atoms with E-state index in [1.54, 1.807) is 19.1 Å². The van der Waals surface area contributed by atoms with E-state index in [2.05, 4.69) is 15.9 Å². The molecule has 0 radical (unpaired) electrons.